The van der Waals surface area contributed by atoms with E-state index in [-0.39, 0.29) is 17.3 Å². The molecule has 0 saturated carbocycles. The molecule has 158 valence electrons. The molecule has 1 aromatic heterocycles. The molecule has 3 aromatic carbocycles. The molecule has 1 heterocycles. The van der Waals surface area contributed by atoms with Gasteiger partial charge in [-0.1, -0.05) is 47.7 Å². The summed E-state index contributed by atoms with van der Waals surface area (Å²) >= 11 is 1.53. The summed E-state index contributed by atoms with van der Waals surface area (Å²) in [5.41, 5.74) is 2.26. The van der Waals surface area contributed by atoms with E-state index in [2.05, 4.69) is 0 Å². The standard InChI is InChI=1S/C24H21NO4S2/c1-17-8-10-19(11-9-17)31(27,28)25-15-14-20-21(16-24(26)29-2)23(13-12-22(20)25)30-18-6-4-3-5-7-18/h3-15H,16H2,1-2H3. The highest BCUT2D eigenvalue weighted by Gasteiger charge is 2.22. The highest BCUT2D eigenvalue weighted by molar-refractivity contribution is 7.99. The van der Waals surface area contributed by atoms with Crippen molar-refractivity contribution in [2.75, 3.05) is 7.11 Å². The summed E-state index contributed by atoms with van der Waals surface area (Å²) in [6.45, 7) is 1.91. The zero-order valence-electron chi connectivity index (χ0n) is 17.1. The maximum absolute atomic E-state index is 13.3. The van der Waals surface area contributed by atoms with Crippen LogP contribution >= 0.6 is 11.8 Å². The van der Waals surface area contributed by atoms with Crippen LogP contribution in [0.1, 0.15) is 11.1 Å². The van der Waals surface area contributed by atoms with E-state index in [1.54, 1.807) is 36.4 Å². The van der Waals surface area contributed by atoms with E-state index in [1.807, 2.05) is 43.3 Å². The Labute approximate surface area is 185 Å². The first-order valence-corrected chi connectivity index (χ1v) is 11.9. The Morgan fingerprint density at radius 3 is 2.35 bits per heavy atom. The maximum Gasteiger partial charge on any atom is 0.310 e. The van der Waals surface area contributed by atoms with Gasteiger partial charge in [0.05, 0.1) is 23.9 Å². The molecule has 0 aliphatic rings. The average Bonchev–Trinajstić information content (AvgIpc) is 3.21. The van der Waals surface area contributed by atoms with Crippen molar-refractivity contribution in [1.82, 2.24) is 3.97 Å². The molecule has 31 heavy (non-hydrogen) atoms. The predicted octanol–water partition coefficient (Wildman–Crippen LogP) is 5.05. The highest BCUT2D eigenvalue weighted by atomic mass is 32.2. The first kappa shape index (κ1) is 21.2. The summed E-state index contributed by atoms with van der Waals surface area (Å²) in [5.74, 6) is -0.378. The third-order valence-corrected chi connectivity index (χ3v) is 7.82. The summed E-state index contributed by atoms with van der Waals surface area (Å²) in [5, 5.41) is 0.710. The van der Waals surface area contributed by atoms with E-state index < -0.39 is 10.0 Å². The summed E-state index contributed by atoms with van der Waals surface area (Å²) < 4.78 is 32.7. The number of benzene rings is 3. The molecule has 0 aliphatic carbocycles. The lowest BCUT2D eigenvalue weighted by Gasteiger charge is -2.12. The van der Waals surface area contributed by atoms with Crippen molar-refractivity contribution in [2.24, 2.45) is 0 Å². The van der Waals surface area contributed by atoms with Gasteiger partial charge in [0.2, 0.25) is 0 Å². The quantitative estimate of drug-likeness (QED) is 0.384. The minimum absolute atomic E-state index is 0.0532. The lowest BCUT2D eigenvalue weighted by molar-refractivity contribution is -0.139. The van der Waals surface area contributed by atoms with Crippen molar-refractivity contribution in [3.63, 3.8) is 0 Å². The van der Waals surface area contributed by atoms with Crippen molar-refractivity contribution in [2.45, 2.75) is 28.0 Å². The number of esters is 1. The number of rotatable bonds is 6. The van der Waals surface area contributed by atoms with Crippen molar-refractivity contribution in [3.8, 4) is 0 Å². The summed E-state index contributed by atoms with van der Waals surface area (Å²) in [6.07, 6.45) is 1.59. The zero-order valence-corrected chi connectivity index (χ0v) is 18.7. The number of methoxy groups -OCH3 is 1. The van der Waals surface area contributed by atoms with Gasteiger partial charge in [0.25, 0.3) is 10.0 Å². The predicted molar refractivity (Wildman–Crippen MR) is 122 cm³/mol. The molecule has 0 bridgehead atoms. The Morgan fingerprint density at radius 1 is 0.968 bits per heavy atom. The van der Waals surface area contributed by atoms with Crippen LogP contribution in [-0.4, -0.2) is 25.5 Å². The fourth-order valence-corrected chi connectivity index (χ4v) is 5.71. The molecule has 0 aliphatic heterocycles. The normalized spacial score (nSPS) is 11.5. The Hall–Kier alpha value is -3.03. The molecule has 0 saturated heterocycles. The molecule has 0 radical (unpaired) electrons. The first-order valence-electron chi connectivity index (χ1n) is 9.65. The summed E-state index contributed by atoms with van der Waals surface area (Å²) in [4.78, 5) is 14.3. The van der Waals surface area contributed by atoms with Gasteiger partial charge < -0.3 is 4.74 Å². The average molecular weight is 452 g/mol. The second kappa shape index (κ2) is 8.61. The van der Waals surface area contributed by atoms with Crippen LogP contribution in [0.4, 0.5) is 0 Å². The zero-order chi connectivity index (χ0) is 22.0. The molecule has 0 atom stereocenters. The van der Waals surface area contributed by atoms with Gasteiger partial charge in [0.1, 0.15) is 0 Å². The number of carbonyl (C=O) groups is 1. The van der Waals surface area contributed by atoms with Gasteiger partial charge in [-0.25, -0.2) is 12.4 Å². The SMILES string of the molecule is COC(=O)Cc1c(Sc2ccccc2)ccc2c1ccn2S(=O)(=O)c1ccc(C)cc1. The summed E-state index contributed by atoms with van der Waals surface area (Å²) in [6, 6.07) is 22.0. The molecule has 7 heteroatoms. The van der Waals surface area contributed by atoms with Crippen LogP contribution in [0.25, 0.3) is 10.9 Å². The lowest BCUT2D eigenvalue weighted by Crippen LogP contribution is -2.12. The lowest BCUT2D eigenvalue weighted by atomic mass is 10.1. The number of ether oxygens (including phenoxy) is 1. The van der Waals surface area contributed by atoms with Crippen molar-refractivity contribution in [1.29, 1.82) is 0 Å². The van der Waals surface area contributed by atoms with Crippen LogP contribution in [0.5, 0.6) is 0 Å². The van der Waals surface area contributed by atoms with Crippen LogP contribution in [0.15, 0.2) is 93.7 Å². The van der Waals surface area contributed by atoms with E-state index in [9.17, 15) is 13.2 Å². The second-order valence-corrected chi connectivity index (χ2v) is 10.0. The Morgan fingerprint density at radius 2 is 1.68 bits per heavy atom. The molecule has 0 N–H and O–H groups in total. The van der Waals surface area contributed by atoms with Crippen molar-refractivity contribution < 1.29 is 17.9 Å². The van der Waals surface area contributed by atoms with E-state index in [1.165, 1.54) is 29.0 Å². The van der Waals surface area contributed by atoms with Gasteiger partial charge in [0.15, 0.2) is 0 Å². The number of aryl methyl sites for hydroxylation is 1. The largest absolute Gasteiger partial charge is 0.469 e. The van der Waals surface area contributed by atoms with E-state index in [0.717, 1.165) is 20.9 Å². The molecule has 0 fully saturated rings. The smallest absolute Gasteiger partial charge is 0.310 e. The Kier molecular flexibility index (Phi) is 5.89. The topological polar surface area (TPSA) is 65.4 Å². The monoisotopic (exact) mass is 451 g/mol. The molecule has 0 unspecified atom stereocenters. The Balaban J connectivity index is 1.85. The van der Waals surface area contributed by atoms with E-state index >= 15 is 0 Å². The third-order valence-electron chi connectivity index (χ3n) is 5.00. The first-order chi connectivity index (χ1) is 14.9. The number of nitrogens with zero attached hydrogens (tertiary/aromatic N) is 1. The molecular formula is C24H21NO4S2. The molecule has 4 rings (SSSR count). The molecule has 0 spiro atoms. The highest BCUT2D eigenvalue weighted by Crippen LogP contribution is 2.36. The van der Waals surface area contributed by atoms with Gasteiger partial charge in [-0.15, -0.1) is 0 Å². The molecular weight excluding hydrogens is 430 g/mol. The number of fused-ring (bicyclic) bond motifs is 1. The van der Waals surface area contributed by atoms with Crippen molar-refractivity contribution in [3.05, 3.63) is 90.1 Å². The molecule has 5 nitrogen and oxygen atoms in total. The van der Waals surface area contributed by atoms with Crippen LogP contribution < -0.4 is 0 Å². The van der Waals surface area contributed by atoms with Crippen LogP contribution in [0, 0.1) is 6.92 Å². The fraction of sp³-hybridized carbons (Fsp3) is 0.125. The maximum atomic E-state index is 13.3. The summed E-state index contributed by atoms with van der Waals surface area (Å²) in [7, 11) is -2.42. The minimum Gasteiger partial charge on any atom is -0.469 e. The van der Waals surface area contributed by atoms with E-state index in [0.29, 0.717) is 10.9 Å². The Bertz CT molecular complexity index is 1340. The van der Waals surface area contributed by atoms with Gasteiger partial charge in [-0.05, 0) is 55.0 Å². The number of carbonyl (C=O) groups excluding carboxylic acids is 1. The van der Waals surface area contributed by atoms with Gasteiger partial charge in [-0.2, -0.15) is 0 Å². The number of aromatic nitrogens is 1. The third kappa shape index (κ3) is 4.24. The van der Waals surface area contributed by atoms with Crippen LogP contribution in [-0.2, 0) is 26.0 Å². The van der Waals surface area contributed by atoms with Gasteiger partial charge >= 0.3 is 5.97 Å². The van der Waals surface area contributed by atoms with Crippen molar-refractivity contribution >= 4 is 38.7 Å². The van der Waals surface area contributed by atoms with E-state index in [4.69, 9.17) is 4.74 Å². The second-order valence-electron chi connectivity index (χ2n) is 7.07. The number of hydrogen-bond donors (Lipinski definition) is 0. The van der Waals surface area contributed by atoms with Gasteiger partial charge in [-0.3, -0.25) is 4.79 Å². The minimum atomic E-state index is -3.77. The van der Waals surface area contributed by atoms with Crippen LogP contribution in [0.2, 0.25) is 0 Å². The van der Waals surface area contributed by atoms with Gasteiger partial charge in [0, 0.05) is 21.4 Å². The molecule has 4 aromatic rings. The molecule has 0 amide bonds. The fourth-order valence-electron chi connectivity index (χ4n) is 3.38. The number of hydrogen-bond acceptors (Lipinski definition) is 5. The van der Waals surface area contributed by atoms with Crippen LogP contribution in [0.3, 0.4) is 0 Å².